The summed E-state index contributed by atoms with van der Waals surface area (Å²) in [6.45, 7) is 0. The molecule has 0 fully saturated rings. The number of phenolic OH excluding ortho intramolecular Hbond substituents is 2. The zero-order chi connectivity index (χ0) is 48.6. The van der Waals surface area contributed by atoms with Gasteiger partial charge in [-0.05, 0) is 95.7 Å². The number of rotatable bonds is 17. The van der Waals surface area contributed by atoms with Gasteiger partial charge in [-0.1, -0.05) is 33.7 Å². The third kappa shape index (κ3) is 11.7. The highest BCUT2D eigenvalue weighted by molar-refractivity contribution is 8.76. The molecule has 0 aliphatic heterocycles. The van der Waals surface area contributed by atoms with Crippen molar-refractivity contribution in [3.63, 3.8) is 0 Å². The van der Waals surface area contributed by atoms with Crippen molar-refractivity contribution in [3.05, 3.63) is 97.1 Å². The van der Waals surface area contributed by atoms with Crippen molar-refractivity contribution in [2.24, 2.45) is 20.5 Å². The Kier molecular flexibility index (Phi) is 14.4. The van der Waals surface area contributed by atoms with E-state index in [1.54, 1.807) is 0 Å². The summed E-state index contributed by atoms with van der Waals surface area (Å²) in [5.41, 5.74) is -0.909. The largest absolute Gasteiger partial charge is 0.504 e. The van der Waals surface area contributed by atoms with Gasteiger partial charge < -0.3 is 10.2 Å². The summed E-state index contributed by atoms with van der Waals surface area (Å²) in [4.78, 5) is -3.50. The molecule has 0 atom stereocenters. The molecule has 0 unspecified atom stereocenters. The number of nitrogens with zero attached hydrogens (tertiary/aromatic N) is 4. The summed E-state index contributed by atoms with van der Waals surface area (Å²) in [7, 11) is -25.1. The van der Waals surface area contributed by atoms with Gasteiger partial charge in [0.05, 0.1) is 42.5 Å². The van der Waals surface area contributed by atoms with E-state index in [-0.39, 0.29) is 65.7 Å². The average molecular weight is 1060 g/mol. The molecule has 22 nitrogen and oxygen atoms in total. The van der Waals surface area contributed by atoms with E-state index < -0.39 is 103 Å². The van der Waals surface area contributed by atoms with Crippen molar-refractivity contribution in [3.8, 4) is 11.5 Å². The molecular weight excluding hydrogens is 1030 g/mol. The second-order valence-electron chi connectivity index (χ2n) is 13.5. The van der Waals surface area contributed by atoms with Crippen molar-refractivity contribution in [2.45, 2.75) is 29.4 Å². The Morgan fingerprint density at radius 3 is 1.02 bits per heavy atom. The minimum Gasteiger partial charge on any atom is -0.504 e. The van der Waals surface area contributed by atoms with Crippen molar-refractivity contribution < 1.29 is 78.9 Å². The summed E-state index contributed by atoms with van der Waals surface area (Å²) in [5.74, 6) is -2.62. The molecule has 0 spiro atoms. The van der Waals surface area contributed by atoms with Crippen LogP contribution in [-0.2, 0) is 60.1 Å². The lowest BCUT2D eigenvalue weighted by molar-refractivity contribution is 0.443. The Bertz CT molecular complexity index is 3440. The van der Waals surface area contributed by atoms with Gasteiger partial charge in [-0.15, -0.1) is 10.2 Å². The fourth-order valence-corrected chi connectivity index (χ4v) is 14.2. The van der Waals surface area contributed by atoms with Gasteiger partial charge in [0.15, 0.2) is 31.2 Å². The van der Waals surface area contributed by atoms with Gasteiger partial charge >= 0.3 is 0 Å². The number of fused-ring (bicyclic) bond motifs is 2. The Morgan fingerprint density at radius 2 is 0.712 bits per heavy atom. The highest BCUT2D eigenvalue weighted by atomic mass is 33.1. The first kappa shape index (κ1) is 50.3. The van der Waals surface area contributed by atoms with Crippen LogP contribution in [0.3, 0.4) is 0 Å². The van der Waals surface area contributed by atoms with Crippen molar-refractivity contribution in [2.75, 3.05) is 23.0 Å². The number of benzene rings is 6. The minimum absolute atomic E-state index is 0.0194. The van der Waals surface area contributed by atoms with Crippen LogP contribution in [0, 0.1) is 0 Å². The summed E-state index contributed by atoms with van der Waals surface area (Å²) in [6, 6.07) is 17.3. The van der Waals surface area contributed by atoms with Crippen LogP contribution in [0.15, 0.2) is 147 Å². The third-order valence-electron chi connectivity index (χ3n) is 9.07. The van der Waals surface area contributed by atoms with E-state index in [2.05, 4.69) is 20.5 Å². The first-order valence-corrected chi connectivity index (χ1v) is 29.3. The topological polar surface area (TPSA) is 376 Å². The summed E-state index contributed by atoms with van der Waals surface area (Å²) in [5, 5.41) is 36.4. The van der Waals surface area contributed by atoms with E-state index in [4.69, 9.17) is 0 Å². The maximum absolute atomic E-state index is 13.0. The van der Waals surface area contributed by atoms with E-state index in [1.165, 1.54) is 48.5 Å². The second kappa shape index (κ2) is 18.9. The molecule has 0 saturated carbocycles. The molecular formula is C36H30N4O18S8. The molecule has 0 amide bonds. The van der Waals surface area contributed by atoms with E-state index in [0.717, 1.165) is 70.1 Å². The van der Waals surface area contributed by atoms with Crippen LogP contribution < -0.4 is 0 Å². The fourth-order valence-electron chi connectivity index (χ4n) is 5.87. The van der Waals surface area contributed by atoms with Gasteiger partial charge in [0.25, 0.3) is 40.5 Å². The maximum atomic E-state index is 13.0. The first-order chi connectivity index (χ1) is 30.6. The number of phenols is 2. The van der Waals surface area contributed by atoms with Crippen molar-refractivity contribution >= 4 is 126 Å². The Hall–Kier alpha value is -5.12. The summed E-state index contributed by atoms with van der Waals surface area (Å²) in [6.07, 6.45) is 0. The number of aromatic hydroxyl groups is 2. The second-order valence-corrected chi connectivity index (χ2v) is 26.0. The lowest BCUT2D eigenvalue weighted by atomic mass is 10.1. The highest BCUT2D eigenvalue weighted by Crippen LogP contribution is 2.43. The molecule has 6 aromatic carbocycles. The van der Waals surface area contributed by atoms with Crippen LogP contribution in [0.4, 0.5) is 22.7 Å². The Morgan fingerprint density at radius 1 is 0.394 bits per heavy atom. The number of hydrogen-bond acceptors (Lipinski definition) is 20. The highest BCUT2D eigenvalue weighted by Gasteiger charge is 2.25. The number of azo groups is 2. The standard InChI is InChI=1S/C36H30N4O18S8/c41-35-31(65(53,54)55)19-21-17-27(63(47,48)49)9-11-29(21)33(35)39-37-23-1-5-25(6-2-23)61(43,44)15-13-59-60-14-16-62(45,46)26-7-3-24(4-8-26)38-40-34-30-12-10-28(64(50,51)52)18-22(30)20-32(36(34)42)66(56,57)58/h1-12,17-20,41-42H,13-16H2,(H,47,48,49)(H,50,51,52)(H,53,54,55)(H,56,57,58). The van der Waals surface area contributed by atoms with Gasteiger partial charge in [0.2, 0.25) is 0 Å². The average Bonchev–Trinajstić information content (AvgIpc) is 3.22. The molecule has 0 aliphatic rings. The first-order valence-electron chi connectivity index (χ1n) is 17.8. The van der Waals surface area contributed by atoms with Crippen LogP contribution in [0.5, 0.6) is 11.5 Å². The molecule has 0 bridgehead atoms. The maximum Gasteiger partial charge on any atom is 0.298 e. The van der Waals surface area contributed by atoms with E-state index in [1.807, 2.05) is 0 Å². The van der Waals surface area contributed by atoms with Crippen LogP contribution in [0.25, 0.3) is 21.5 Å². The third-order valence-corrected chi connectivity index (χ3v) is 18.9. The SMILES string of the molecule is O=S(=O)(O)c1ccc2c(N=Nc3ccc(S(=O)(=O)CCSSCCS(=O)(=O)c4ccc(N=Nc5c(O)c(S(=O)(=O)O)cc6cc(S(=O)(=O)O)ccc56)cc4)cc3)c(O)c(S(=O)(=O)O)cc2c1. The lowest BCUT2D eigenvalue weighted by Crippen LogP contribution is -2.09. The van der Waals surface area contributed by atoms with Crippen LogP contribution in [0.1, 0.15) is 0 Å². The van der Waals surface area contributed by atoms with Gasteiger partial charge in [-0.2, -0.15) is 43.9 Å². The van der Waals surface area contributed by atoms with Crippen molar-refractivity contribution in [1.82, 2.24) is 0 Å². The summed E-state index contributed by atoms with van der Waals surface area (Å²) >= 11 is 0. The van der Waals surface area contributed by atoms with E-state index in [9.17, 15) is 78.9 Å². The van der Waals surface area contributed by atoms with Gasteiger partial charge in [0.1, 0.15) is 21.2 Å². The van der Waals surface area contributed by atoms with Crippen molar-refractivity contribution in [1.29, 1.82) is 0 Å². The predicted octanol–water partition coefficient (Wildman–Crippen LogP) is 6.85. The molecule has 30 heteroatoms. The summed E-state index contributed by atoms with van der Waals surface area (Å²) < 4.78 is 184. The van der Waals surface area contributed by atoms with Gasteiger partial charge in [-0.25, -0.2) is 16.8 Å². The lowest BCUT2D eigenvalue weighted by Gasteiger charge is -2.09. The van der Waals surface area contributed by atoms with Crippen LogP contribution >= 0.6 is 21.6 Å². The molecule has 6 aromatic rings. The zero-order valence-electron chi connectivity index (χ0n) is 32.7. The van der Waals surface area contributed by atoms with E-state index >= 15 is 0 Å². The fraction of sp³-hybridized carbons (Fsp3) is 0.111. The smallest absolute Gasteiger partial charge is 0.298 e. The molecule has 0 heterocycles. The molecule has 66 heavy (non-hydrogen) atoms. The van der Waals surface area contributed by atoms with Gasteiger partial charge in [-0.3, -0.25) is 18.2 Å². The van der Waals surface area contributed by atoms with Gasteiger partial charge in [0, 0.05) is 22.3 Å². The predicted molar refractivity (Wildman–Crippen MR) is 241 cm³/mol. The molecule has 350 valence electrons. The molecule has 0 radical (unpaired) electrons. The molecule has 0 saturated heterocycles. The number of hydrogen-bond donors (Lipinski definition) is 6. The normalized spacial score (nSPS) is 13.3. The monoisotopic (exact) mass is 1060 g/mol. The molecule has 0 aliphatic carbocycles. The molecule has 0 aromatic heterocycles. The van der Waals surface area contributed by atoms with Crippen LogP contribution in [0.2, 0.25) is 0 Å². The zero-order valence-corrected chi connectivity index (χ0v) is 39.2. The number of sulfone groups is 2. The van der Waals surface area contributed by atoms with E-state index in [0.29, 0.717) is 0 Å². The van der Waals surface area contributed by atoms with Crippen LogP contribution in [-0.4, -0.2) is 102 Å². The minimum atomic E-state index is -5.06. The molecule has 6 N–H and O–H groups in total. The Labute approximate surface area is 383 Å². The Balaban J connectivity index is 1.05. The molecule has 6 rings (SSSR count). The quantitative estimate of drug-likeness (QED) is 0.0235.